The summed E-state index contributed by atoms with van der Waals surface area (Å²) in [5, 5.41) is 7.85. The van der Waals surface area contributed by atoms with Crippen LogP contribution in [0.5, 0.6) is 0 Å². The molecule has 3 rings (SSSR count). The monoisotopic (exact) mass is 360 g/mol. The van der Waals surface area contributed by atoms with Crippen LogP contribution in [0.4, 0.5) is 5.69 Å². The molecule has 1 aliphatic rings. The highest BCUT2D eigenvalue weighted by Gasteiger charge is 2.18. The number of hydrogen-bond donors (Lipinski definition) is 1. The van der Waals surface area contributed by atoms with E-state index >= 15 is 0 Å². The molecular formula is C19H25ClN4O. The zero-order valence-corrected chi connectivity index (χ0v) is 15.9. The van der Waals surface area contributed by atoms with E-state index in [2.05, 4.69) is 15.1 Å². The van der Waals surface area contributed by atoms with Crippen molar-refractivity contribution in [2.45, 2.75) is 33.1 Å². The molecule has 1 fully saturated rings. The largest absolute Gasteiger partial charge is 0.370 e. The van der Waals surface area contributed by atoms with Gasteiger partial charge in [0.05, 0.1) is 16.4 Å². The molecular weight excluding hydrogens is 336 g/mol. The molecule has 0 spiro atoms. The molecule has 6 heteroatoms. The number of nitrogens with zero attached hydrogens (tertiary/aromatic N) is 3. The predicted octanol–water partition coefficient (Wildman–Crippen LogP) is 3.59. The number of carbonyl (C=O) groups is 1. The third-order valence-electron chi connectivity index (χ3n) is 4.97. The van der Waals surface area contributed by atoms with Gasteiger partial charge in [-0.1, -0.05) is 11.6 Å². The Bertz CT molecular complexity index is 745. The summed E-state index contributed by atoms with van der Waals surface area (Å²) in [4.78, 5) is 16.7. The Labute approximate surface area is 154 Å². The van der Waals surface area contributed by atoms with Gasteiger partial charge in [-0.05, 0) is 56.9 Å². The van der Waals surface area contributed by atoms with Crippen LogP contribution in [0.3, 0.4) is 0 Å². The molecule has 134 valence electrons. The number of hydrogen-bond acceptors (Lipinski definition) is 3. The molecule has 0 bridgehead atoms. The van der Waals surface area contributed by atoms with Gasteiger partial charge in [-0.2, -0.15) is 5.10 Å². The number of likely N-dealkylation sites (N-methyl/N-ethyl adjacent to an activating group) is 1. The number of halogens is 1. The lowest BCUT2D eigenvalue weighted by Gasteiger charge is -2.21. The SMILES string of the molecule is Cc1n[nH]c(C)c1CCN(C)C(=O)c1ccc(N2CCCC2)c(Cl)c1. The van der Waals surface area contributed by atoms with Gasteiger partial charge in [0.2, 0.25) is 0 Å². The topological polar surface area (TPSA) is 52.2 Å². The molecule has 1 N–H and O–H groups in total. The summed E-state index contributed by atoms with van der Waals surface area (Å²) in [5.41, 5.74) is 4.91. The lowest BCUT2D eigenvalue weighted by Crippen LogP contribution is -2.29. The highest BCUT2D eigenvalue weighted by molar-refractivity contribution is 6.33. The van der Waals surface area contributed by atoms with E-state index < -0.39 is 0 Å². The van der Waals surface area contributed by atoms with Gasteiger partial charge in [0.15, 0.2) is 0 Å². The molecule has 25 heavy (non-hydrogen) atoms. The Balaban J connectivity index is 1.66. The van der Waals surface area contributed by atoms with E-state index in [1.165, 1.54) is 18.4 Å². The number of amides is 1. The fraction of sp³-hybridized carbons (Fsp3) is 0.474. The first kappa shape index (κ1) is 17.8. The molecule has 2 heterocycles. The average Bonchev–Trinajstić information content (AvgIpc) is 3.23. The second-order valence-corrected chi connectivity index (χ2v) is 7.16. The second kappa shape index (κ2) is 7.48. The minimum absolute atomic E-state index is 0.00586. The summed E-state index contributed by atoms with van der Waals surface area (Å²) in [5.74, 6) is -0.00586. The Morgan fingerprint density at radius 2 is 2.04 bits per heavy atom. The van der Waals surface area contributed by atoms with E-state index in [-0.39, 0.29) is 5.91 Å². The van der Waals surface area contributed by atoms with Gasteiger partial charge in [0, 0.05) is 37.9 Å². The first-order chi connectivity index (χ1) is 12.0. The Hall–Kier alpha value is -2.01. The van der Waals surface area contributed by atoms with Crippen molar-refractivity contribution < 1.29 is 4.79 Å². The maximum absolute atomic E-state index is 12.7. The average molecular weight is 361 g/mol. The Kier molecular flexibility index (Phi) is 5.33. The van der Waals surface area contributed by atoms with Crippen molar-refractivity contribution in [1.82, 2.24) is 15.1 Å². The van der Waals surface area contributed by atoms with Crippen LogP contribution in [0.2, 0.25) is 5.02 Å². The molecule has 1 amide bonds. The van der Waals surface area contributed by atoms with Crippen molar-refractivity contribution in [2.24, 2.45) is 0 Å². The highest BCUT2D eigenvalue weighted by atomic mass is 35.5. The number of aromatic amines is 1. The molecule has 1 saturated heterocycles. The van der Waals surface area contributed by atoms with E-state index in [4.69, 9.17) is 11.6 Å². The van der Waals surface area contributed by atoms with Crippen molar-refractivity contribution >= 4 is 23.2 Å². The third-order valence-corrected chi connectivity index (χ3v) is 5.27. The van der Waals surface area contributed by atoms with Crippen LogP contribution in [0, 0.1) is 13.8 Å². The van der Waals surface area contributed by atoms with E-state index in [0.29, 0.717) is 17.1 Å². The van der Waals surface area contributed by atoms with Crippen molar-refractivity contribution in [3.05, 3.63) is 45.7 Å². The molecule has 5 nitrogen and oxygen atoms in total. The molecule has 1 aliphatic heterocycles. The van der Waals surface area contributed by atoms with Crippen LogP contribution in [-0.4, -0.2) is 47.7 Å². The fourth-order valence-corrected chi connectivity index (χ4v) is 3.70. The van der Waals surface area contributed by atoms with Gasteiger partial charge < -0.3 is 9.80 Å². The molecule has 0 aliphatic carbocycles. The van der Waals surface area contributed by atoms with Crippen LogP contribution in [0.25, 0.3) is 0 Å². The minimum atomic E-state index is -0.00586. The number of aryl methyl sites for hydroxylation is 2. The number of benzene rings is 1. The fourth-order valence-electron chi connectivity index (χ4n) is 3.40. The van der Waals surface area contributed by atoms with Crippen LogP contribution in [0.15, 0.2) is 18.2 Å². The molecule has 0 atom stereocenters. The first-order valence-electron chi connectivity index (χ1n) is 8.78. The molecule has 2 aromatic rings. The lowest BCUT2D eigenvalue weighted by atomic mass is 10.1. The summed E-state index contributed by atoms with van der Waals surface area (Å²) in [7, 11) is 1.83. The van der Waals surface area contributed by atoms with Crippen molar-refractivity contribution in [3.63, 3.8) is 0 Å². The van der Waals surface area contributed by atoms with Crippen LogP contribution >= 0.6 is 11.6 Å². The maximum Gasteiger partial charge on any atom is 0.253 e. The van der Waals surface area contributed by atoms with Gasteiger partial charge in [0.25, 0.3) is 5.91 Å². The smallest absolute Gasteiger partial charge is 0.253 e. The molecule has 1 aromatic heterocycles. The molecule has 0 unspecified atom stereocenters. The van der Waals surface area contributed by atoms with Gasteiger partial charge in [-0.15, -0.1) is 0 Å². The van der Waals surface area contributed by atoms with Gasteiger partial charge in [-0.25, -0.2) is 0 Å². The molecule has 1 aromatic carbocycles. The van der Waals surface area contributed by atoms with E-state index in [1.54, 1.807) is 11.0 Å². The zero-order valence-electron chi connectivity index (χ0n) is 15.1. The van der Waals surface area contributed by atoms with Crippen molar-refractivity contribution in [3.8, 4) is 0 Å². The van der Waals surface area contributed by atoms with E-state index in [9.17, 15) is 4.79 Å². The van der Waals surface area contributed by atoms with Crippen LogP contribution < -0.4 is 4.90 Å². The highest BCUT2D eigenvalue weighted by Crippen LogP contribution is 2.29. The second-order valence-electron chi connectivity index (χ2n) is 6.75. The molecule has 0 saturated carbocycles. The van der Waals surface area contributed by atoms with Gasteiger partial charge >= 0.3 is 0 Å². The van der Waals surface area contributed by atoms with Gasteiger partial charge in [0.1, 0.15) is 0 Å². The lowest BCUT2D eigenvalue weighted by molar-refractivity contribution is 0.0796. The summed E-state index contributed by atoms with van der Waals surface area (Å²) >= 11 is 6.43. The first-order valence-corrected chi connectivity index (χ1v) is 9.15. The summed E-state index contributed by atoms with van der Waals surface area (Å²) in [6, 6.07) is 5.65. The van der Waals surface area contributed by atoms with Crippen molar-refractivity contribution in [1.29, 1.82) is 0 Å². The van der Waals surface area contributed by atoms with E-state index in [0.717, 1.165) is 36.6 Å². The standard InChI is InChI=1S/C19H25ClN4O/c1-13-16(14(2)22-21-13)8-11-23(3)19(25)15-6-7-18(17(20)12-15)24-9-4-5-10-24/h6-7,12H,4-5,8-11H2,1-3H3,(H,21,22). The minimum Gasteiger partial charge on any atom is -0.370 e. The summed E-state index contributed by atoms with van der Waals surface area (Å²) < 4.78 is 0. The summed E-state index contributed by atoms with van der Waals surface area (Å²) in [6.07, 6.45) is 3.19. The number of anilines is 1. The van der Waals surface area contributed by atoms with Crippen molar-refractivity contribution in [2.75, 3.05) is 31.6 Å². The normalized spacial score (nSPS) is 14.2. The predicted molar refractivity (Wildman–Crippen MR) is 102 cm³/mol. The number of carbonyl (C=O) groups excluding carboxylic acids is 1. The third kappa shape index (κ3) is 3.82. The Morgan fingerprint density at radius 3 is 2.64 bits per heavy atom. The van der Waals surface area contributed by atoms with Gasteiger partial charge in [-0.3, -0.25) is 9.89 Å². The molecule has 0 radical (unpaired) electrons. The number of H-pyrrole nitrogens is 1. The van der Waals surface area contributed by atoms with Crippen LogP contribution in [-0.2, 0) is 6.42 Å². The van der Waals surface area contributed by atoms with E-state index in [1.807, 2.05) is 33.0 Å². The summed E-state index contributed by atoms with van der Waals surface area (Å²) in [6.45, 7) is 6.71. The quantitative estimate of drug-likeness (QED) is 0.886. The number of nitrogens with one attached hydrogen (secondary N) is 1. The Morgan fingerprint density at radius 1 is 1.32 bits per heavy atom. The maximum atomic E-state index is 12.7. The van der Waals surface area contributed by atoms with Crippen LogP contribution in [0.1, 0.15) is 40.2 Å². The number of rotatable bonds is 5. The number of aromatic nitrogens is 2. The zero-order chi connectivity index (χ0) is 18.0.